The van der Waals surface area contributed by atoms with Crippen molar-refractivity contribution in [1.82, 2.24) is 9.78 Å². The highest BCUT2D eigenvalue weighted by Gasteiger charge is 2.25. The van der Waals surface area contributed by atoms with Gasteiger partial charge in [0.1, 0.15) is 0 Å². The van der Waals surface area contributed by atoms with E-state index in [4.69, 9.17) is 9.47 Å². The molecule has 1 aliphatic rings. The van der Waals surface area contributed by atoms with E-state index in [0.29, 0.717) is 11.6 Å². The molecule has 1 aromatic carbocycles. The molecule has 1 fully saturated rings. The highest BCUT2D eigenvalue weighted by molar-refractivity contribution is 6.03. The van der Waals surface area contributed by atoms with Crippen LogP contribution in [0, 0.1) is 6.92 Å². The molecule has 3 rings (SSSR count). The van der Waals surface area contributed by atoms with Gasteiger partial charge < -0.3 is 14.4 Å². The molecule has 0 unspecified atom stereocenters. The van der Waals surface area contributed by atoms with Crippen molar-refractivity contribution in [3.05, 3.63) is 23.4 Å². The second kappa shape index (κ2) is 6.81. The van der Waals surface area contributed by atoms with Gasteiger partial charge in [-0.1, -0.05) is 0 Å². The van der Waals surface area contributed by atoms with E-state index >= 15 is 0 Å². The normalized spacial score (nSPS) is 15.7. The van der Waals surface area contributed by atoms with E-state index in [-0.39, 0.29) is 5.97 Å². The van der Waals surface area contributed by atoms with Crippen LogP contribution in [0.2, 0.25) is 0 Å². The van der Waals surface area contributed by atoms with Crippen molar-refractivity contribution >= 4 is 22.6 Å². The number of aromatic nitrogens is 2. The summed E-state index contributed by atoms with van der Waals surface area (Å²) < 4.78 is 12.3. The molecule has 6 nitrogen and oxygen atoms in total. The first-order valence-corrected chi connectivity index (χ1v) is 8.46. The lowest BCUT2D eigenvalue weighted by Crippen LogP contribution is -2.39. The topological polar surface area (TPSA) is 56.6 Å². The molecule has 0 amide bonds. The van der Waals surface area contributed by atoms with Crippen LogP contribution in [-0.2, 0) is 16.5 Å². The highest BCUT2D eigenvalue weighted by Crippen LogP contribution is 2.34. The van der Waals surface area contributed by atoms with Gasteiger partial charge in [-0.2, -0.15) is 5.10 Å². The van der Waals surface area contributed by atoms with Gasteiger partial charge >= 0.3 is 5.97 Å². The molecular weight excluding hydrogens is 306 g/mol. The molecule has 0 radical (unpaired) electrons. The number of carbonyl (C=O) groups excluding carboxylic acids is 1. The summed E-state index contributed by atoms with van der Waals surface area (Å²) in [5.41, 5.74) is 3.55. The zero-order chi connectivity index (χ0) is 17.3. The molecule has 2 aromatic rings. The fraction of sp³-hybridized carbons (Fsp3) is 0.556. The Balaban J connectivity index is 2.18. The predicted molar refractivity (Wildman–Crippen MR) is 93.7 cm³/mol. The molecule has 24 heavy (non-hydrogen) atoms. The Bertz CT molecular complexity index is 748. The molecule has 0 N–H and O–H groups in total. The number of carbonyl (C=O) groups is 1. The Morgan fingerprint density at radius 1 is 1.46 bits per heavy atom. The number of fused-ring (bicyclic) bond motifs is 1. The average molecular weight is 331 g/mol. The fourth-order valence-corrected chi connectivity index (χ4v) is 3.70. The fourth-order valence-electron chi connectivity index (χ4n) is 3.70. The molecule has 1 saturated heterocycles. The third-order valence-corrected chi connectivity index (χ3v) is 4.94. The summed E-state index contributed by atoms with van der Waals surface area (Å²) in [5.74, 6) is -0.306. The van der Waals surface area contributed by atoms with Crippen molar-refractivity contribution < 1.29 is 14.3 Å². The molecule has 0 bridgehead atoms. The van der Waals surface area contributed by atoms with Gasteiger partial charge in [0.15, 0.2) is 0 Å². The van der Waals surface area contributed by atoms with Crippen molar-refractivity contribution in [2.75, 3.05) is 31.8 Å². The van der Waals surface area contributed by atoms with Crippen LogP contribution in [0.25, 0.3) is 10.9 Å². The standard InChI is InChI=1S/C18H25N3O3/c1-5-21(13-6-8-24-9-7-13)16-10-14(18(22)23-4)12(2)17-15(16)11-19-20(17)3/h10-11,13H,5-9H2,1-4H3. The van der Waals surface area contributed by atoms with Crippen LogP contribution in [-0.4, -0.2) is 48.7 Å². The van der Waals surface area contributed by atoms with Gasteiger partial charge in [-0.3, -0.25) is 4.68 Å². The first-order chi connectivity index (χ1) is 11.6. The van der Waals surface area contributed by atoms with Crippen LogP contribution < -0.4 is 4.90 Å². The summed E-state index contributed by atoms with van der Waals surface area (Å²) in [6.07, 6.45) is 3.88. The third kappa shape index (κ3) is 2.75. The summed E-state index contributed by atoms with van der Waals surface area (Å²) in [6.45, 7) is 6.54. The molecular formula is C18H25N3O3. The number of hydrogen-bond donors (Lipinski definition) is 0. The van der Waals surface area contributed by atoms with E-state index in [1.54, 1.807) is 0 Å². The first-order valence-electron chi connectivity index (χ1n) is 8.46. The minimum Gasteiger partial charge on any atom is -0.465 e. The Morgan fingerprint density at radius 3 is 2.79 bits per heavy atom. The SMILES string of the molecule is CCN(c1cc(C(=O)OC)c(C)c2c1cnn2C)C1CCOCC1. The van der Waals surface area contributed by atoms with E-state index < -0.39 is 0 Å². The van der Waals surface area contributed by atoms with E-state index in [9.17, 15) is 4.79 Å². The Kier molecular flexibility index (Phi) is 4.76. The van der Waals surface area contributed by atoms with Gasteiger partial charge in [0.2, 0.25) is 0 Å². The summed E-state index contributed by atoms with van der Waals surface area (Å²) in [6, 6.07) is 2.38. The van der Waals surface area contributed by atoms with E-state index in [1.807, 2.05) is 30.9 Å². The number of benzene rings is 1. The minimum atomic E-state index is -0.306. The first kappa shape index (κ1) is 16.8. The van der Waals surface area contributed by atoms with Crippen molar-refractivity contribution in [2.24, 2.45) is 7.05 Å². The van der Waals surface area contributed by atoms with Crippen LogP contribution in [0.4, 0.5) is 5.69 Å². The van der Waals surface area contributed by atoms with Crippen LogP contribution in [0.1, 0.15) is 35.7 Å². The monoisotopic (exact) mass is 331 g/mol. The summed E-state index contributed by atoms with van der Waals surface area (Å²) in [7, 11) is 3.33. The van der Waals surface area contributed by atoms with E-state index in [2.05, 4.69) is 16.9 Å². The van der Waals surface area contributed by atoms with Gasteiger partial charge in [0.25, 0.3) is 0 Å². The molecule has 0 spiro atoms. The van der Waals surface area contributed by atoms with Crippen LogP contribution in [0.3, 0.4) is 0 Å². The number of methoxy groups -OCH3 is 1. The number of esters is 1. The van der Waals surface area contributed by atoms with Gasteiger partial charge in [-0.25, -0.2) is 4.79 Å². The largest absolute Gasteiger partial charge is 0.465 e. The molecule has 130 valence electrons. The van der Waals surface area contributed by atoms with Crippen molar-refractivity contribution in [1.29, 1.82) is 0 Å². The average Bonchev–Trinajstić information content (AvgIpc) is 3.00. The summed E-state index contributed by atoms with van der Waals surface area (Å²) >= 11 is 0. The van der Waals surface area contributed by atoms with Crippen LogP contribution in [0.5, 0.6) is 0 Å². The quantitative estimate of drug-likeness (QED) is 0.806. The Labute approximate surface area is 142 Å². The number of anilines is 1. The summed E-state index contributed by atoms with van der Waals surface area (Å²) in [5, 5.41) is 5.50. The maximum absolute atomic E-state index is 12.3. The highest BCUT2D eigenvalue weighted by atomic mass is 16.5. The molecule has 1 aliphatic heterocycles. The lowest BCUT2D eigenvalue weighted by molar-refractivity contribution is 0.0600. The molecule has 1 aromatic heterocycles. The molecule has 0 atom stereocenters. The maximum Gasteiger partial charge on any atom is 0.338 e. The van der Waals surface area contributed by atoms with Gasteiger partial charge in [0, 0.05) is 43.9 Å². The third-order valence-electron chi connectivity index (χ3n) is 4.94. The van der Waals surface area contributed by atoms with Gasteiger partial charge in [0.05, 0.1) is 24.4 Å². The smallest absolute Gasteiger partial charge is 0.338 e. The second-order valence-electron chi connectivity index (χ2n) is 6.22. The van der Waals surface area contributed by atoms with Crippen molar-refractivity contribution in [3.63, 3.8) is 0 Å². The maximum atomic E-state index is 12.3. The number of ether oxygens (including phenoxy) is 2. The van der Waals surface area contributed by atoms with Gasteiger partial charge in [-0.05, 0) is 38.3 Å². The number of aryl methyl sites for hydroxylation is 2. The lowest BCUT2D eigenvalue weighted by Gasteiger charge is -2.36. The molecule has 2 heterocycles. The molecule has 6 heteroatoms. The minimum absolute atomic E-state index is 0.306. The number of hydrogen-bond acceptors (Lipinski definition) is 5. The molecule has 0 saturated carbocycles. The zero-order valence-electron chi connectivity index (χ0n) is 14.8. The zero-order valence-corrected chi connectivity index (χ0v) is 14.8. The molecule has 0 aliphatic carbocycles. The van der Waals surface area contributed by atoms with Crippen molar-refractivity contribution in [2.45, 2.75) is 32.7 Å². The van der Waals surface area contributed by atoms with Crippen LogP contribution >= 0.6 is 0 Å². The number of rotatable bonds is 4. The van der Waals surface area contributed by atoms with Crippen molar-refractivity contribution in [3.8, 4) is 0 Å². The van der Waals surface area contributed by atoms with E-state index in [0.717, 1.165) is 54.8 Å². The summed E-state index contributed by atoms with van der Waals surface area (Å²) in [4.78, 5) is 14.6. The van der Waals surface area contributed by atoms with Gasteiger partial charge in [-0.15, -0.1) is 0 Å². The Hall–Kier alpha value is -2.08. The second-order valence-corrected chi connectivity index (χ2v) is 6.22. The van der Waals surface area contributed by atoms with Crippen LogP contribution in [0.15, 0.2) is 12.3 Å². The lowest BCUT2D eigenvalue weighted by atomic mass is 10.00. The van der Waals surface area contributed by atoms with E-state index in [1.165, 1.54) is 7.11 Å². The number of nitrogens with zero attached hydrogens (tertiary/aromatic N) is 3. The Morgan fingerprint density at radius 2 is 2.17 bits per heavy atom. The predicted octanol–water partition coefficient (Wildman–Crippen LogP) is 2.67.